The highest BCUT2D eigenvalue weighted by molar-refractivity contribution is 6.15. The van der Waals surface area contributed by atoms with Crippen LogP contribution in [0.15, 0.2) is 138 Å². The van der Waals surface area contributed by atoms with Gasteiger partial charge in [-0.25, -0.2) is 9.97 Å². The van der Waals surface area contributed by atoms with E-state index in [1.165, 1.54) is 11.1 Å². The maximum Gasteiger partial charge on any atom is 0.160 e. The summed E-state index contributed by atoms with van der Waals surface area (Å²) in [5.41, 5.74) is 8.10. The molecule has 0 aliphatic heterocycles. The normalized spacial score (nSPS) is 11.6. The van der Waals surface area contributed by atoms with E-state index in [2.05, 4.69) is 103 Å². The third-order valence-electron chi connectivity index (χ3n) is 7.49. The Kier molecular flexibility index (Phi) is 4.82. The molecule has 2 heterocycles. The quantitative estimate of drug-likeness (QED) is 0.243. The molecule has 6 aromatic carbocycles. The number of nitrogens with zero attached hydrogens (tertiary/aromatic N) is 2. The van der Waals surface area contributed by atoms with Gasteiger partial charge in [0.05, 0.1) is 11.2 Å². The van der Waals surface area contributed by atoms with Crippen molar-refractivity contribution in [1.82, 2.24) is 9.97 Å². The molecule has 39 heavy (non-hydrogen) atoms. The van der Waals surface area contributed by atoms with E-state index in [1.54, 1.807) is 0 Å². The number of benzene rings is 6. The minimum absolute atomic E-state index is 0.719. The van der Waals surface area contributed by atoms with Gasteiger partial charge in [-0.3, -0.25) is 0 Å². The van der Waals surface area contributed by atoms with E-state index in [-0.39, 0.29) is 0 Å². The summed E-state index contributed by atoms with van der Waals surface area (Å²) in [6.07, 6.45) is 0. The van der Waals surface area contributed by atoms with Gasteiger partial charge in [0.25, 0.3) is 0 Å². The van der Waals surface area contributed by atoms with Crippen LogP contribution in [0.1, 0.15) is 0 Å². The van der Waals surface area contributed by atoms with Crippen LogP contribution in [0.3, 0.4) is 0 Å². The van der Waals surface area contributed by atoms with Gasteiger partial charge >= 0.3 is 0 Å². The van der Waals surface area contributed by atoms with Crippen LogP contribution in [0.2, 0.25) is 0 Å². The average molecular weight is 499 g/mol. The van der Waals surface area contributed by atoms with Crippen LogP contribution in [-0.2, 0) is 0 Å². The number of rotatable bonds is 3. The summed E-state index contributed by atoms with van der Waals surface area (Å²) in [7, 11) is 0. The molecule has 0 unspecified atom stereocenters. The summed E-state index contributed by atoms with van der Waals surface area (Å²) in [5.74, 6) is 0.719. The SMILES string of the molecule is c1ccc(-c2ccc(-c3nc(-c4ccc5c(ccc6c7ccccc7oc56)c4)c4ccccc4n3)cc2)cc1. The van der Waals surface area contributed by atoms with Crippen molar-refractivity contribution in [3.05, 3.63) is 133 Å². The van der Waals surface area contributed by atoms with Crippen LogP contribution < -0.4 is 0 Å². The maximum absolute atomic E-state index is 6.27. The Hall–Kier alpha value is -5.28. The number of hydrogen-bond acceptors (Lipinski definition) is 3. The predicted molar refractivity (Wildman–Crippen MR) is 161 cm³/mol. The van der Waals surface area contributed by atoms with Crippen LogP contribution >= 0.6 is 0 Å². The van der Waals surface area contributed by atoms with Gasteiger partial charge in [-0.2, -0.15) is 0 Å². The van der Waals surface area contributed by atoms with E-state index in [0.717, 1.165) is 66.3 Å². The molecular formula is C36H22N2O. The first kappa shape index (κ1) is 21.8. The number of fused-ring (bicyclic) bond motifs is 6. The van der Waals surface area contributed by atoms with Gasteiger partial charge in [0.1, 0.15) is 11.2 Å². The molecule has 0 saturated carbocycles. The zero-order valence-corrected chi connectivity index (χ0v) is 21.0. The van der Waals surface area contributed by atoms with E-state index < -0.39 is 0 Å². The van der Waals surface area contributed by atoms with E-state index in [4.69, 9.17) is 14.4 Å². The lowest BCUT2D eigenvalue weighted by Crippen LogP contribution is -1.95. The Morgan fingerprint density at radius 3 is 1.97 bits per heavy atom. The number of hydrogen-bond donors (Lipinski definition) is 0. The second-order valence-corrected chi connectivity index (χ2v) is 9.83. The smallest absolute Gasteiger partial charge is 0.160 e. The largest absolute Gasteiger partial charge is 0.455 e. The van der Waals surface area contributed by atoms with E-state index in [9.17, 15) is 0 Å². The van der Waals surface area contributed by atoms with Crippen LogP contribution in [0.4, 0.5) is 0 Å². The fourth-order valence-corrected chi connectivity index (χ4v) is 5.53. The maximum atomic E-state index is 6.27. The molecule has 182 valence electrons. The van der Waals surface area contributed by atoms with Gasteiger partial charge < -0.3 is 4.42 Å². The summed E-state index contributed by atoms with van der Waals surface area (Å²) in [6, 6.07) is 46.2. The zero-order valence-electron chi connectivity index (χ0n) is 21.0. The molecule has 0 saturated heterocycles. The topological polar surface area (TPSA) is 38.9 Å². The first-order valence-electron chi connectivity index (χ1n) is 13.1. The zero-order chi connectivity index (χ0) is 25.8. The van der Waals surface area contributed by atoms with E-state index in [1.807, 2.05) is 30.3 Å². The van der Waals surface area contributed by atoms with Crippen LogP contribution in [0.25, 0.3) is 77.4 Å². The lowest BCUT2D eigenvalue weighted by atomic mass is 10.00. The summed E-state index contributed by atoms with van der Waals surface area (Å²) in [5, 5.41) is 5.53. The lowest BCUT2D eigenvalue weighted by Gasteiger charge is -2.11. The van der Waals surface area contributed by atoms with Crippen LogP contribution in [-0.4, -0.2) is 9.97 Å². The van der Waals surface area contributed by atoms with Gasteiger partial charge in [-0.05, 0) is 46.8 Å². The molecule has 8 aromatic rings. The second-order valence-electron chi connectivity index (χ2n) is 9.83. The molecular weight excluding hydrogens is 476 g/mol. The highest BCUT2D eigenvalue weighted by Gasteiger charge is 2.14. The molecule has 3 heteroatoms. The minimum atomic E-state index is 0.719. The summed E-state index contributed by atoms with van der Waals surface area (Å²) in [6.45, 7) is 0. The predicted octanol–water partition coefficient (Wildman–Crippen LogP) is 9.68. The first-order chi connectivity index (χ1) is 19.3. The molecule has 0 amide bonds. The molecule has 0 spiro atoms. The van der Waals surface area contributed by atoms with Crippen LogP contribution in [0, 0.1) is 0 Å². The van der Waals surface area contributed by atoms with Crippen molar-refractivity contribution in [2.24, 2.45) is 0 Å². The number of para-hydroxylation sites is 2. The molecule has 0 bridgehead atoms. The Balaban J connectivity index is 1.28. The monoisotopic (exact) mass is 498 g/mol. The van der Waals surface area contributed by atoms with Crippen molar-refractivity contribution in [2.45, 2.75) is 0 Å². The van der Waals surface area contributed by atoms with Gasteiger partial charge in [-0.15, -0.1) is 0 Å². The van der Waals surface area contributed by atoms with Crippen molar-refractivity contribution < 1.29 is 4.42 Å². The summed E-state index contributed by atoms with van der Waals surface area (Å²) < 4.78 is 6.27. The van der Waals surface area contributed by atoms with E-state index in [0.29, 0.717) is 0 Å². The van der Waals surface area contributed by atoms with Gasteiger partial charge in [-0.1, -0.05) is 103 Å². The second kappa shape index (κ2) is 8.64. The fourth-order valence-electron chi connectivity index (χ4n) is 5.53. The highest BCUT2D eigenvalue weighted by atomic mass is 16.3. The van der Waals surface area contributed by atoms with Crippen molar-refractivity contribution in [3.63, 3.8) is 0 Å². The fraction of sp³-hybridized carbons (Fsp3) is 0. The van der Waals surface area contributed by atoms with Crippen molar-refractivity contribution in [2.75, 3.05) is 0 Å². The standard InChI is InChI=1S/C36H22N2O/c1-2-8-23(9-3-1)24-14-16-25(17-15-24)36-37-32-12-6-4-11-31(32)34(38-36)27-19-20-28-26(22-27)18-21-30-29-10-5-7-13-33(29)39-35(28)30/h1-22H. The number of aromatic nitrogens is 2. The van der Waals surface area contributed by atoms with Crippen LogP contribution in [0.5, 0.6) is 0 Å². The average Bonchev–Trinajstić information content (AvgIpc) is 3.40. The molecule has 8 rings (SSSR count). The highest BCUT2D eigenvalue weighted by Crippen LogP contribution is 2.37. The van der Waals surface area contributed by atoms with Crippen molar-refractivity contribution >= 4 is 43.6 Å². The molecule has 0 aliphatic carbocycles. The third kappa shape index (κ3) is 3.59. The Morgan fingerprint density at radius 2 is 1.10 bits per heavy atom. The summed E-state index contributed by atoms with van der Waals surface area (Å²) >= 11 is 0. The number of furan rings is 1. The molecule has 0 aliphatic rings. The van der Waals surface area contributed by atoms with Crippen molar-refractivity contribution in [1.29, 1.82) is 0 Å². The molecule has 0 radical (unpaired) electrons. The van der Waals surface area contributed by atoms with Gasteiger partial charge in [0.15, 0.2) is 5.82 Å². The van der Waals surface area contributed by atoms with Gasteiger partial charge in [0, 0.05) is 32.7 Å². The molecule has 0 atom stereocenters. The Labute approximate surface area is 225 Å². The van der Waals surface area contributed by atoms with Gasteiger partial charge in [0.2, 0.25) is 0 Å². The lowest BCUT2D eigenvalue weighted by molar-refractivity contribution is 0.672. The molecule has 3 nitrogen and oxygen atoms in total. The Morgan fingerprint density at radius 1 is 0.436 bits per heavy atom. The third-order valence-corrected chi connectivity index (χ3v) is 7.49. The Bertz CT molecular complexity index is 2160. The molecule has 2 aromatic heterocycles. The first-order valence-corrected chi connectivity index (χ1v) is 13.1. The van der Waals surface area contributed by atoms with Crippen molar-refractivity contribution in [3.8, 4) is 33.8 Å². The summed E-state index contributed by atoms with van der Waals surface area (Å²) in [4.78, 5) is 10.0. The minimum Gasteiger partial charge on any atom is -0.455 e. The van der Waals surface area contributed by atoms with E-state index >= 15 is 0 Å². The molecule has 0 fully saturated rings. The molecule has 0 N–H and O–H groups in total.